The molecule has 32 heavy (non-hydrogen) atoms. The number of nitrogens with one attached hydrogen (secondary N) is 1. The Morgan fingerprint density at radius 1 is 0.906 bits per heavy atom. The highest BCUT2D eigenvalue weighted by atomic mass is 16.5. The van der Waals surface area contributed by atoms with E-state index >= 15 is 0 Å². The van der Waals surface area contributed by atoms with Crippen molar-refractivity contribution in [1.29, 1.82) is 0 Å². The third-order valence-corrected chi connectivity index (χ3v) is 5.17. The summed E-state index contributed by atoms with van der Waals surface area (Å²) in [5.74, 6) is -1.34. The third-order valence-electron chi connectivity index (χ3n) is 5.17. The monoisotopic (exact) mass is 429 g/mol. The van der Waals surface area contributed by atoms with Crippen molar-refractivity contribution in [3.05, 3.63) is 94.5 Å². The van der Waals surface area contributed by atoms with Gasteiger partial charge in [-0.3, -0.25) is 24.1 Å². The Kier molecular flexibility index (Phi) is 5.43. The number of hydrogen-bond donors (Lipinski definition) is 2. The fourth-order valence-electron chi connectivity index (χ4n) is 3.48. The van der Waals surface area contributed by atoms with Crippen LogP contribution in [-0.2, 0) is 6.54 Å². The van der Waals surface area contributed by atoms with E-state index < -0.39 is 11.8 Å². The van der Waals surface area contributed by atoms with Crippen LogP contribution in [0.15, 0.2) is 66.7 Å². The van der Waals surface area contributed by atoms with Crippen molar-refractivity contribution in [2.75, 3.05) is 12.4 Å². The van der Waals surface area contributed by atoms with Gasteiger partial charge in [-0.05, 0) is 48.0 Å². The van der Waals surface area contributed by atoms with Gasteiger partial charge in [0.05, 0.1) is 30.5 Å². The zero-order valence-electron chi connectivity index (χ0n) is 17.1. The Bertz CT molecular complexity index is 1220. The highest BCUT2D eigenvalue weighted by molar-refractivity contribution is 6.21. The number of carbonyl (C=O) groups is 4. The summed E-state index contributed by atoms with van der Waals surface area (Å²) in [4.78, 5) is 50.3. The number of ether oxygens (including phenoxy) is 1. The lowest BCUT2D eigenvalue weighted by molar-refractivity contribution is 0.0641. The molecule has 3 N–H and O–H groups in total. The molecule has 0 saturated carbocycles. The van der Waals surface area contributed by atoms with Crippen LogP contribution in [-0.4, -0.2) is 35.6 Å². The molecule has 160 valence electrons. The number of primary amides is 1. The number of nitrogens with zero attached hydrogens (tertiary/aromatic N) is 1. The molecule has 3 aromatic rings. The number of anilines is 1. The lowest BCUT2D eigenvalue weighted by atomic mass is 10.1. The average Bonchev–Trinajstić information content (AvgIpc) is 3.04. The van der Waals surface area contributed by atoms with Crippen molar-refractivity contribution in [1.82, 2.24) is 4.90 Å². The Balaban J connectivity index is 1.48. The van der Waals surface area contributed by atoms with Gasteiger partial charge in [-0.15, -0.1) is 0 Å². The maximum absolute atomic E-state index is 12.7. The fourth-order valence-corrected chi connectivity index (χ4v) is 3.48. The van der Waals surface area contributed by atoms with Gasteiger partial charge in [-0.25, -0.2) is 0 Å². The predicted octanol–water partition coefficient (Wildman–Crippen LogP) is 2.84. The highest BCUT2D eigenvalue weighted by Crippen LogP contribution is 2.27. The predicted molar refractivity (Wildman–Crippen MR) is 117 cm³/mol. The first-order chi connectivity index (χ1) is 15.4. The van der Waals surface area contributed by atoms with Crippen molar-refractivity contribution in [3.63, 3.8) is 0 Å². The Labute approximate surface area is 183 Å². The van der Waals surface area contributed by atoms with E-state index in [-0.39, 0.29) is 23.9 Å². The Morgan fingerprint density at radius 3 is 2.06 bits per heavy atom. The number of imide groups is 1. The zero-order chi connectivity index (χ0) is 22.8. The summed E-state index contributed by atoms with van der Waals surface area (Å²) >= 11 is 0. The first kappa shape index (κ1) is 20.8. The number of amides is 4. The number of benzene rings is 3. The number of methoxy groups -OCH3 is 1. The van der Waals surface area contributed by atoms with E-state index in [0.717, 1.165) is 0 Å². The summed E-state index contributed by atoms with van der Waals surface area (Å²) in [5, 5.41) is 2.70. The molecule has 0 fully saturated rings. The number of fused-ring (bicyclic) bond motifs is 1. The molecule has 0 bridgehead atoms. The minimum Gasteiger partial charge on any atom is -0.495 e. The van der Waals surface area contributed by atoms with E-state index in [1.807, 2.05) is 0 Å². The SMILES string of the molecule is COc1ccc(C(N)=O)cc1NC(=O)c1ccc(CN2C(=O)c3ccccc3C2=O)cc1. The van der Waals surface area contributed by atoms with Crippen LogP contribution in [0.3, 0.4) is 0 Å². The van der Waals surface area contributed by atoms with Crippen molar-refractivity contribution in [2.24, 2.45) is 5.73 Å². The van der Waals surface area contributed by atoms with Crippen LogP contribution in [0.2, 0.25) is 0 Å². The molecule has 0 aromatic heterocycles. The van der Waals surface area contributed by atoms with Crippen LogP contribution < -0.4 is 15.8 Å². The summed E-state index contributed by atoms with van der Waals surface area (Å²) in [6, 6.07) is 17.7. The first-order valence-corrected chi connectivity index (χ1v) is 9.72. The molecule has 1 heterocycles. The second-order valence-electron chi connectivity index (χ2n) is 7.17. The zero-order valence-corrected chi connectivity index (χ0v) is 17.1. The van der Waals surface area contributed by atoms with Gasteiger partial charge in [0.25, 0.3) is 17.7 Å². The maximum Gasteiger partial charge on any atom is 0.261 e. The molecule has 0 saturated heterocycles. The lowest BCUT2D eigenvalue weighted by Gasteiger charge is -2.14. The van der Waals surface area contributed by atoms with Gasteiger partial charge in [0, 0.05) is 11.1 Å². The van der Waals surface area contributed by atoms with Gasteiger partial charge in [0.15, 0.2) is 0 Å². The van der Waals surface area contributed by atoms with Gasteiger partial charge in [0.2, 0.25) is 5.91 Å². The van der Waals surface area contributed by atoms with Crippen LogP contribution in [0.5, 0.6) is 5.75 Å². The molecule has 4 amide bonds. The van der Waals surface area contributed by atoms with Crippen LogP contribution in [0, 0.1) is 0 Å². The summed E-state index contributed by atoms with van der Waals surface area (Å²) in [7, 11) is 1.45. The van der Waals surface area contributed by atoms with Crippen molar-refractivity contribution in [3.8, 4) is 5.75 Å². The number of nitrogens with two attached hydrogens (primary N) is 1. The van der Waals surface area contributed by atoms with Crippen molar-refractivity contribution in [2.45, 2.75) is 6.54 Å². The summed E-state index contributed by atoms with van der Waals surface area (Å²) in [5.41, 5.74) is 7.67. The van der Waals surface area contributed by atoms with Crippen LogP contribution in [0.4, 0.5) is 5.69 Å². The molecule has 0 atom stereocenters. The van der Waals surface area contributed by atoms with Gasteiger partial charge < -0.3 is 15.8 Å². The molecule has 4 rings (SSSR count). The standard InChI is InChI=1S/C24H19N3O5/c1-32-20-11-10-16(21(25)28)12-19(20)26-22(29)15-8-6-14(7-9-15)13-27-23(30)17-4-2-3-5-18(17)24(27)31/h2-12H,13H2,1H3,(H2,25,28)(H,26,29). The van der Waals surface area contributed by atoms with Gasteiger partial charge in [-0.1, -0.05) is 24.3 Å². The van der Waals surface area contributed by atoms with E-state index in [9.17, 15) is 19.2 Å². The van der Waals surface area contributed by atoms with Crippen LogP contribution in [0.1, 0.15) is 47.0 Å². The largest absolute Gasteiger partial charge is 0.495 e. The third kappa shape index (κ3) is 3.81. The van der Waals surface area contributed by atoms with Crippen molar-refractivity contribution >= 4 is 29.3 Å². The minimum atomic E-state index is -0.624. The molecule has 0 radical (unpaired) electrons. The van der Waals surface area contributed by atoms with E-state index in [2.05, 4.69) is 5.32 Å². The number of carbonyl (C=O) groups excluding carboxylic acids is 4. The molecule has 8 heteroatoms. The Hall–Kier alpha value is -4.46. The van der Waals surface area contributed by atoms with E-state index in [4.69, 9.17) is 10.5 Å². The number of rotatable bonds is 6. The molecule has 8 nitrogen and oxygen atoms in total. The average molecular weight is 429 g/mol. The first-order valence-electron chi connectivity index (χ1n) is 9.72. The molecule has 1 aliphatic heterocycles. The topological polar surface area (TPSA) is 119 Å². The highest BCUT2D eigenvalue weighted by Gasteiger charge is 2.34. The molecule has 0 unspecified atom stereocenters. The van der Waals surface area contributed by atoms with Crippen LogP contribution >= 0.6 is 0 Å². The van der Waals surface area contributed by atoms with E-state index in [1.54, 1.807) is 54.6 Å². The van der Waals surface area contributed by atoms with E-state index in [0.29, 0.717) is 33.7 Å². The number of hydrogen-bond acceptors (Lipinski definition) is 5. The van der Waals surface area contributed by atoms with Crippen LogP contribution in [0.25, 0.3) is 0 Å². The summed E-state index contributed by atoms with van der Waals surface area (Å²) in [6.45, 7) is 0.0999. The quantitative estimate of drug-likeness (QED) is 0.584. The van der Waals surface area contributed by atoms with Gasteiger partial charge >= 0.3 is 0 Å². The molecular weight excluding hydrogens is 410 g/mol. The summed E-state index contributed by atoms with van der Waals surface area (Å²) in [6.07, 6.45) is 0. The maximum atomic E-state index is 12.7. The van der Waals surface area contributed by atoms with Crippen molar-refractivity contribution < 1.29 is 23.9 Å². The second kappa shape index (κ2) is 8.35. The molecule has 3 aromatic carbocycles. The smallest absolute Gasteiger partial charge is 0.261 e. The normalized spacial score (nSPS) is 12.5. The summed E-state index contributed by atoms with van der Waals surface area (Å²) < 4.78 is 5.22. The van der Waals surface area contributed by atoms with Gasteiger partial charge in [-0.2, -0.15) is 0 Å². The van der Waals surface area contributed by atoms with E-state index in [1.165, 1.54) is 24.1 Å². The minimum absolute atomic E-state index is 0.0999. The Morgan fingerprint density at radius 2 is 1.50 bits per heavy atom. The molecule has 1 aliphatic rings. The second-order valence-corrected chi connectivity index (χ2v) is 7.17. The molecular formula is C24H19N3O5. The fraction of sp³-hybridized carbons (Fsp3) is 0.0833. The molecule has 0 spiro atoms. The molecule has 0 aliphatic carbocycles. The van der Waals surface area contributed by atoms with Gasteiger partial charge in [0.1, 0.15) is 5.75 Å². The lowest BCUT2D eigenvalue weighted by Crippen LogP contribution is -2.29.